The molecular weight excluding hydrogens is 319 g/mol. The summed E-state index contributed by atoms with van der Waals surface area (Å²) < 4.78 is 0. The second-order valence-corrected chi connectivity index (χ2v) is 5.39. The minimum absolute atomic E-state index is 0. The van der Waals surface area contributed by atoms with Crippen LogP contribution in [-0.2, 0) is 39.0 Å². The number of fused-ring (bicyclic) bond motifs is 1. The van der Waals surface area contributed by atoms with Crippen LogP contribution >= 0.6 is 0 Å². The van der Waals surface area contributed by atoms with Crippen LogP contribution in [-0.4, -0.2) is 0 Å². The van der Waals surface area contributed by atoms with Gasteiger partial charge < -0.3 is 0 Å². The third-order valence-corrected chi connectivity index (χ3v) is 3.87. The van der Waals surface area contributed by atoms with Crippen LogP contribution in [0.3, 0.4) is 0 Å². The van der Waals surface area contributed by atoms with Crippen molar-refractivity contribution in [2.75, 3.05) is 0 Å². The molecule has 0 N–H and O–H groups in total. The first-order valence-electron chi connectivity index (χ1n) is 6.93. The number of rotatable bonds is 3. The molecule has 0 unspecified atom stereocenters. The SMILES string of the molecule is Cc1cc2c(CCc3ccccc3)ccc(C)c2[cH-]1.[Zr]. The Kier molecular flexibility index (Phi) is 5.05. The van der Waals surface area contributed by atoms with Crippen molar-refractivity contribution in [2.45, 2.75) is 26.7 Å². The van der Waals surface area contributed by atoms with Gasteiger partial charge in [0, 0.05) is 26.2 Å². The fourth-order valence-corrected chi connectivity index (χ4v) is 2.79. The zero-order valence-electron chi connectivity index (χ0n) is 12.1. The summed E-state index contributed by atoms with van der Waals surface area (Å²) in [7, 11) is 0. The zero-order valence-corrected chi connectivity index (χ0v) is 14.6. The predicted molar refractivity (Wildman–Crippen MR) is 82.9 cm³/mol. The van der Waals surface area contributed by atoms with Gasteiger partial charge in [-0.2, -0.15) is 6.07 Å². The Bertz CT molecular complexity index is 692. The van der Waals surface area contributed by atoms with Crippen LogP contribution in [0.4, 0.5) is 0 Å². The van der Waals surface area contributed by atoms with E-state index in [1.54, 1.807) is 0 Å². The summed E-state index contributed by atoms with van der Waals surface area (Å²) >= 11 is 0. The fraction of sp³-hybridized carbons (Fsp3) is 0.211. The monoisotopic (exact) mass is 337 g/mol. The van der Waals surface area contributed by atoms with Crippen LogP contribution in [0.5, 0.6) is 0 Å². The summed E-state index contributed by atoms with van der Waals surface area (Å²) in [5.41, 5.74) is 5.63. The summed E-state index contributed by atoms with van der Waals surface area (Å²) in [4.78, 5) is 0. The smallest absolute Gasteiger partial charge is 0 e. The fourth-order valence-electron chi connectivity index (χ4n) is 2.79. The van der Waals surface area contributed by atoms with Crippen molar-refractivity contribution < 1.29 is 26.2 Å². The van der Waals surface area contributed by atoms with Crippen LogP contribution in [0.2, 0.25) is 0 Å². The molecule has 0 nitrogen and oxygen atoms in total. The Labute approximate surface area is 140 Å². The van der Waals surface area contributed by atoms with Gasteiger partial charge in [-0.05, 0) is 18.4 Å². The van der Waals surface area contributed by atoms with E-state index < -0.39 is 0 Å². The molecule has 0 heterocycles. The van der Waals surface area contributed by atoms with Gasteiger partial charge in [-0.3, -0.25) is 0 Å². The van der Waals surface area contributed by atoms with Crippen LogP contribution in [0.15, 0.2) is 54.6 Å². The van der Waals surface area contributed by atoms with Crippen molar-refractivity contribution in [3.63, 3.8) is 0 Å². The molecule has 0 amide bonds. The van der Waals surface area contributed by atoms with Crippen molar-refractivity contribution in [3.8, 4) is 0 Å². The van der Waals surface area contributed by atoms with E-state index in [-0.39, 0.29) is 26.2 Å². The molecule has 0 aliphatic carbocycles. The van der Waals surface area contributed by atoms with E-state index in [2.05, 4.69) is 68.4 Å². The van der Waals surface area contributed by atoms with Gasteiger partial charge in [0.15, 0.2) is 0 Å². The Balaban J connectivity index is 0.00000147. The number of aryl methyl sites for hydroxylation is 4. The summed E-state index contributed by atoms with van der Waals surface area (Å²) in [6.45, 7) is 4.38. The van der Waals surface area contributed by atoms with Gasteiger partial charge in [0.25, 0.3) is 0 Å². The molecule has 3 aromatic rings. The Morgan fingerprint density at radius 3 is 2.40 bits per heavy atom. The molecule has 3 rings (SSSR count). The van der Waals surface area contributed by atoms with Gasteiger partial charge in [-0.15, -0.1) is 34.0 Å². The molecule has 0 saturated carbocycles. The van der Waals surface area contributed by atoms with Crippen LogP contribution in [0.25, 0.3) is 10.8 Å². The Morgan fingerprint density at radius 2 is 1.65 bits per heavy atom. The normalized spacial score (nSPS) is 10.5. The Hall–Kier alpha value is -1.07. The molecule has 20 heavy (non-hydrogen) atoms. The predicted octanol–water partition coefficient (Wildman–Crippen LogP) is 4.96. The third kappa shape index (κ3) is 3.15. The van der Waals surface area contributed by atoms with E-state index in [0.29, 0.717) is 0 Å². The molecule has 0 saturated heterocycles. The van der Waals surface area contributed by atoms with Crippen molar-refractivity contribution >= 4 is 10.8 Å². The van der Waals surface area contributed by atoms with Crippen LogP contribution < -0.4 is 0 Å². The van der Waals surface area contributed by atoms with Crippen molar-refractivity contribution in [1.29, 1.82) is 0 Å². The molecular formula is C19H19Zr-. The molecule has 0 fully saturated rings. The quantitative estimate of drug-likeness (QED) is 0.592. The van der Waals surface area contributed by atoms with Gasteiger partial charge in [0.2, 0.25) is 0 Å². The molecule has 0 spiro atoms. The minimum Gasteiger partial charge on any atom is -0.165 e. The molecule has 0 aromatic heterocycles. The molecule has 3 aromatic carbocycles. The molecule has 0 aliphatic heterocycles. The van der Waals surface area contributed by atoms with Gasteiger partial charge in [0.05, 0.1) is 0 Å². The summed E-state index contributed by atoms with van der Waals surface area (Å²) in [5, 5.41) is 2.86. The maximum atomic E-state index is 2.32. The van der Waals surface area contributed by atoms with E-state index >= 15 is 0 Å². The average Bonchev–Trinajstić information content (AvgIpc) is 2.82. The summed E-state index contributed by atoms with van der Waals surface area (Å²) in [6.07, 6.45) is 2.23. The van der Waals surface area contributed by atoms with Crippen molar-refractivity contribution in [3.05, 3.63) is 76.9 Å². The first kappa shape index (κ1) is 15.3. The van der Waals surface area contributed by atoms with Gasteiger partial charge in [0.1, 0.15) is 0 Å². The number of hydrogen-bond acceptors (Lipinski definition) is 0. The van der Waals surface area contributed by atoms with Crippen LogP contribution in [0.1, 0.15) is 22.3 Å². The van der Waals surface area contributed by atoms with E-state index in [1.165, 1.54) is 33.0 Å². The first-order chi connectivity index (χ1) is 9.24. The van der Waals surface area contributed by atoms with E-state index in [9.17, 15) is 0 Å². The number of hydrogen-bond donors (Lipinski definition) is 0. The largest absolute Gasteiger partial charge is 0.165 e. The topological polar surface area (TPSA) is 0 Å². The molecule has 0 radical (unpaired) electrons. The molecule has 0 aliphatic rings. The maximum absolute atomic E-state index is 2.32. The van der Waals surface area contributed by atoms with Gasteiger partial charge in [-0.25, -0.2) is 0 Å². The second-order valence-electron chi connectivity index (χ2n) is 5.39. The van der Waals surface area contributed by atoms with E-state index in [1.807, 2.05) is 0 Å². The third-order valence-electron chi connectivity index (χ3n) is 3.87. The molecule has 0 bridgehead atoms. The summed E-state index contributed by atoms with van der Waals surface area (Å²) in [6, 6.07) is 19.9. The second kappa shape index (κ2) is 6.59. The zero-order chi connectivity index (χ0) is 13.2. The summed E-state index contributed by atoms with van der Waals surface area (Å²) in [5.74, 6) is 0. The van der Waals surface area contributed by atoms with Gasteiger partial charge >= 0.3 is 0 Å². The first-order valence-corrected chi connectivity index (χ1v) is 6.93. The minimum atomic E-state index is 0. The van der Waals surface area contributed by atoms with E-state index in [0.717, 1.165) is 12.8 Å². The molecule has 0 atom stereocenters. The van der Waals surface area contributed by atoms with Crippen molar-refractivity contribution in [1.82, 2.24) is 0 Å². The maximum Gasteiger partial charge on any atom is 0 e. The van der Waals surface area contributed by atoms with Crippen LogP contribution in [0, 0.1) is 13.8 Å². The number of benzene rings is 2. The molecule has 100 valence electrons. The van der Waals surface area contributed by atoms with Crippen molar-refractivity contribution in [2.24, 2.45) is 0 Å². The van der Waals surface area contributed by atoms with Gasteiger partial charge in [-0.1, -0.05) is 55.8 Å². The Morgan fingerprint density at radius 1 is 0.900 bits per heavy atom. The average molecular weight is 339 g/mol. The molecule has 1 heteroatoms. The van der Waals surface area contributed by atoms with E-state index in [4.69, 9.17) is 0 Å². The standard InChI is InChI=1S/C19H19.Zr/c1-14-12-18-15(2)8-10-17(19(18)13-14)11-9-16-6-4-3-5-7-16;/h3-8,10,12-13H,9,11H2,1-2H3;/q-1;.